The Morgan fingerprint density at radius 2 is 1.75 bits per heavy atom. The lowest BCUT2D eigenvalue weighted by atomic mass is 10.2. The maximum Gasteiger partial charge on any atom is 0.118 e. The highest BCUT2D eigenvalue weighted by atomic mass is 16.5. The van der Waals surface area contributed by atoms with E-state index < -0.39 is 0 Å². The monoisotopic (exact) mass is 215 g/mol. The van der Waals surface area contributed by atoms with Crippen LogP contribution in [-0.4, -0.2) is 25.1 Å². The average molecular weight is 215 g/mol. The third-order valence-corrected chi connectivity index (χ3v) is 2.08. The van der Waals surface area contributed by atoms with Crippen molar-refractivity contribution in [1.29, 1.82) is 0 Å². The number of hydrogen-bond donors (Lipinski definition) is 0. The van der Waals surface area contributed by atoms with E-state index in [1.54, 1.807) is 7.11 Å². The number of hydrogen-bond acceptors (Lipinski definition) is 2. The van der Waals surface area contributed by atoms with Crippen molar-refractivity contribution in [3.63, 3.8) is 0 Å². The molecule has 1 rings (SSSR count). The molecule has 0 aliphatic carbocycles. The normalized spacial score (nSPS) is 10.1. The van der Waals surface area contributed by atoms with E-state index in [2.05, 4.69) is 19.7 Å². The molecule has 2 nitrogen and oxygen atoms in total. The number of benzene rings is 1. The van der Waals surface area contributed by atoms with Gasteiger partial charge in [0.25, 0.3) is 0 Å². The molecular formula is C14H17NO. The van der Waals surface area contributed by atoms with Gasteiger partial charge in [-0.2, -0.15) is 0 Å². The van der Waals surface area contributed by atoms with Crippen LogP contribution < -0.4 is 4.74 Å². The Hall–Kier alpha value is -1.54. The van der Waals surface area contributed by atoms with Gasteiger partial charge in [-0.25, -0.2) is 0 Å². The van der Waals surface area contributed by atoms with Gasteiger partial charge in [-0.1, -0.05) is 24.3 Å². The van der Waals surface area contributed by atoms with Crippen LogP contribution in [0.1, 0.15) is 5.56 Å². The lowest BCUT2D eigenvalue weighted by molar-refractivity contribution is 0.412. The van der Waals surface area contributed by atoms with Crippen molar-refractivity contribution in [2.75, 3.05) is 20.2 Å². The third-order valence-electron chi connectivity index (χ3n) is 2.08. The number of nitrogens with zero attached hydrogens (tertiary/aromatic N) is 1. The molecule has 0 saturated carbocycles. The van der Waals surface area contributed by atoms with Crippen LogP contribution >= 0.6 is 0 Å². The summed E-state index contributed by atoms with van der Waals surface area (Å²) in [6.45, 7) is 12.2. The molecule has 0 amide bonds. The van der Waals surface area contributed by atoms with Crippen LogP contribution in [-0.2, 0) is 0 Å². The Labute approximate surface area is 97.8 Å². The summed E-state index contributed by atoms with van der Waals surface area (Å²) < 4.78 is 5.10. The van der Waals surface area contributed by atoms with Gasteiger partial charge in [0.15, 0.2) is 0 Å². The molecule has 0 aliphatic rings. The van der Waals surface area contributed by atoms with Gasteiger partial charge in [0.05, 0.1) is 13.7 Å². The second kappa shape index (κ2) is 6.85. The standard InChI is InChI=1S/C14H17NO/c1-4-10-15(11-5-2)12-13-6-8-14(16-3)9-7-13/h4-9H,1-2,10-11H2,3H3. The van der Waals surface area contributed by atoms with Gasteiger partial charge in [0, 0.05) is 13.1 Å². The van der Waals surface area contributed by atoms with Gasteiger partial charge < -0.3 is 4.74 Å². The fourth-order valence-corrected chi connectivity index (χ4v) is 1.33. The van der Waals surface area contributed by atoms with Crippen LogP contribution in [0, 0.1) is 6.54 Å². The Balaban J connectivity index is 2.61. The van der Waals surface area contributed by atoms with Crippen LogP contribution in [0.2, 0.25) is 0 Å². The Morgan fingerprint density at radius 1 is 1.19 bits per heavy atom. The molecular weight excluding hydrogens is 198 g/mol. The van der Waals surface area contributed by atoms with E-state index >= 15 is 0 Å². The first kappa shape index (κ1) is 12.5. The molecule has 0 unspecified atom stereocenters. The van der Waals surface area contributed by atoms with Crippen molar-refractivity contribution in [3.05, 3.63) is 61.7 Å². The molecule has 2 heteroatoms. The van der Waals surface area contributed by atoms with Gasteiger partial charge in [-0.15, -0.1) is 13.2 Å². The minimum Gasteiger partial charge on any atom is -0.497 e. The maximum atomic E-state index is 5.10. The summed E-state index contributed by atoms with van der Waals surface area (Å²) in [7, 11) is 1.66. The predicted molar refractivity (Wildman–Crippen MR) is 67.3 cm³/mol. The van der Waals surface area contributed by atoms with Crippen LogP contribution in [0.15, 0.2) is 49.6 Å². The molecule has 0 aromatic heterocycles. The van der Waals surface area contributed by atoms with E-state index in [1.165, 1.54) is 0 Å². The zero-order valence-electron chi connectivity index (χ0n) is 9.65. The highest BCUT2D eigenvalue weighted by Crippen LogP contribution is 2.14. The van der Waals surface area contributed by atoms with E-state index in [1.807, 2.05) is 41.3 Å². The molecule has 2 radical (unpaired) electrons. The van der Waals surface area contributed by atoms with Crippen LogP contribution in [0.4, 0.5) is 0 Å². The van der Waals surface area contributed by atoms with Crippen molar-refractivity contribution in [2.45, 2.75) is 0 Å². The molecule has 84 valence electrons. The molecule has 0 heterocycles. The van der Waals surface area contributed by atoms with Crippen LogP contribution in [0.5, 0.6) is 5.75 Å². The molecule has 0 aliphatic heterocycles. The second-order valence-electron chi connectivity index (χ2n) is 3.32. The van der Waals surface area contributed by atoms with Crippen molar-refractivity contribution < 1.29 is 4.74 Å². The number of rotatable bonds is 7. The molecule has 0 bridgehead atoms. The zero-order chi connectivity index (χ0) is 11.8. The lowest BCUT2D eigenvalue weighted by Crippen LogP contribution is -2.21. The van der Waals surface area contributed by atoms with Gasteiger partial charge in [-0.05, 0) is 17.7 Å². The van der Waals surface area contributed by atoms with Crippen molar-refractivity contribution in [2.24, 2.45) is 0 Å². The molecule has 0 atom stereocenters. The Kier molecular flexibility index (Phi) is 5.37. The van der Waals surface area contributed by atoms with Gasteiger partial charge >= 0.3 is 0 Å². The molecule has 1 aromatic rings. The topological polar surface area (TPSA) is 12.5 Å². The quantitative estimate of drug-likeness (QED) is 0.512. The molecule has 0 saturated heterocycles. The van der Waals surface area contributed by atoms with Crippen molar-refractivity contribution in [3.8, 4) is 5.75 Å². The molecule has 0 fully saturated rings. The summed E-state index contributed by atoms with van der Waals surface area (Å²) in [5.41, 5.74) is 1.02. The largest absolute Gasteiger partial charge is 0.497 e. The predicted octanol–water partition coefficient (Wildman–Crippen LogP) is 2.76. The number of ether oxygens (including phenoxy) is 1. The van der Waals surface area contributed by atoms with Gasteiger partial charge in [0.2, 0.25) is 0 Å². The van der Waals surface area contributed by atoms with Crippen molar-refractivity contribution in [1.82, 2.24) is 4.90 Å². The third kappa shape index (κ3) is 3.91. The van der Waals surface area contributed by atoms with E-state index in [0.29, 0.717) is 0 Å². The fraction of sp³-hybridized carbons (Fsp3) is 0.214. The maximum absolute atomic E-state index is 5.10. The molecule has 0 spiro atoms. The van der Waals surface area contributed by atoms with E-state index in [0.717, 1.165) is 24.4 Å². The fourth-order valence-electron chi connectivity index (χ4n) is 1.33. The number of methoxy groups -OCH3 is 1. The van der Waals surface area contributed by atoms with Crippen molar-refractivity contribution >= 4 is 0 Å². The summed E-state index contributed by atoms with van der Waals surface area (Å²) >= 11 is 0. The van der Waals surface area contributed by atoms with E-state index in [4.69, 9.17) is 4.74 Å². The van der Waals surface area contributed by atoms with Crippen LogP contribution in [0.25, 0.3) is 0 Å². The average Bonchev–Trinajstić information content (AvgIpc) is 2.31. The first-order chi connectivity index (χ1) is 7.80. The summed E-state index contributed by atoms with van der Waals surface area (Å²) in [5, 5.41) is 0. The Bertz CT molecular complexity index is 319. The summed E-state index contributed by atoms with van der Waals surface area (Å²) in [6.07, 6.45) is 3.69. The summed E-state index contributed by atoms with van der Waals surface area (Å²) in [5.74, 6) is 0.851. The highest BCUT2D eigenvalue weighted by Gasteiger charge is 2.03. The van der Waals surface area contributed by atoms with Gasteiger partial charge in [-0.3, -0.25) is 4.90 Å². The highest BCUT2D eigenvalue weighted by molar-refractivity contribution is 5.30. The molecule has 1 aromatic carbocycles. The zero-order valence-corrected chi connectivity index (χ0v) is 9.65. The second-order valence-corrected chi connectivity index (χ2v) is 3.32. The molecule has 0 N–H and O–H groups in total. The molecule has 16 heavy (non-hydrogen) atoms. The first-order valence-corrected chi connectivity index (χ1v) is 5.17. The Morgan fingerprint density at radius 3 is 2.19 bits per heavy atom. The van der Waals surface area contributed by atoms with E-state index in [9.17, 15) is 0 Å². The summed E-state index contributed by atoms with van der Waals surface area (Å²) in [6, 6.07) is 7.78. The summed E-state index contributed by atoms with van der Waals surface area (Å²) in [4.78, 5) is 2.02. The van der Waals surface area contributed by atoms with Gasteiger partial charge in [0.1, 0.15) is 5.75 Å². The smallest absolute Gasteiger partial charge is 0.118 e. The lowest BCUT2D eigenvalue weighted by Gasteiger charge is -2.17. The van der Waals surface area contributed by atoms with Crippen LogP contribution in [0.3, 0.4) is 0 Å². The minimum atomic E-state index is 0.762. The minimum absolute atomic E-state index is 0.762. The van der Waals surface area contributed by atoms with E-state index in [-0.39, 0.29) is 0 Å². The first-order valence-electron chi connectivity index (χ1n) is 5.17. The SMILES string of the molecule is C=CCN([C]c1ccc(OC)cc1)CC=C.